The lowest BCUT2D eigenvalue weighted by molar-refractivity contribution is 0.0591. The minimum atomic E-state index is -0.338. The van der Waals surface area contributed by atoms with E-state index in [1.54, 1.807) is 24.3 Å². The molecule has 0 aliphatic carbocycles. The van der Waals surface area contributed by atoms with Crippen LogP contribution in [0.25, 0.3) is 0 Å². The average molecular weight is 407 g/mol. The van der Waals surface area contributed by atoms with E-state index < -0.39 is 0 Å². The lowest BCUT2D eigenvalue weighted by Crippen LogP contribution is -2.03. The molecule has 2 aromatic rings. The second kappa shape index (κ2) is 12.0. The highest BCUT2D eigenvalue weighted by Gasteiger charge is 2.08. The Morgan fingerprint density at radius 1 is 0.821 bits per heavy atom. The summed E-state index contributed by atoms with van der Waals surface area (Å²) in [6.07, 6.45) is 0.805. The Morgan fingerprint density at radius 2 is 1.36 bits per heavy atom. The van der Waals surface area contributed by atoms with Gasteiger partial charge in [0.1, 0.15) is 5.75 Å². The van der Waals surface area contributed by atoms with Gasteiger partial charge < -0.3 is 14.2 Å². The van der Waals surface area contributed by atoms with Gasteiger partial charge in [-0.25, -0.2) is 9.59 Å². The van der Waals surface area contributed by atoms with Crippen molar-refractivity contribution < 1.29 is 23.8 Å². The molecule has 0 fully saturated rings. The maximum atomic E-state index is 11.3. The van der Waals surface area contributed by atoms with E-state index in [2.05, 4.69) is 9.47 Å². The van der Waals surface area contributed by atoms with Gasteiger partial charge in [0, 0.05) is 5.88 Å². The first-order valence-electron chi connectivity index (χ1n) is 8.87. The maximum Gasteiger partial charge on any atom is 0.337 e. The molecular formula is C22H27ClO5. The molecule has 0 saturated heterocycles. The predicted octanol–water partition coefficient (Wildman–Crippen LogP) is 4.88. The quantitative estimate of drug-likeness (QED) is 0.388. The summed E-state index contributed by atoms with van der Waals surface area (Å²) >= 11 is 5.55. The molecule has 152 valence electrons. The van der Waals surface area contributed by atoms with E-state index in [4.69, 9.17) is 16.3 Å². The Bertz CT molecular complexity index is 802. The number of benzene rings is 2. The molecule has 0 aromatic heterocycles. The monoisotopic (exact) mass is 406 g/mol. The Morgan fingerprint density at radius 3 is 1.82 bits per heavy atom. The number of carbonyl (C=O) groups is 2. The van der Waals surface area contributed by atoms with Crippen molar-refractivity contribution >= 4 is 23.5 Å². The van der Waals surface area contributed by atoms with Gasteiger partial charge in [-0.05, 0) is 74.2 Å². The van der Waals surface area contributed by atoms with E-state index in [0.29, 0.717) is 23.6 Å². The minimum Gasteiger partial charge on any atom is -0.493 e. The van der Waals surface area contributed by atoms with Gasteiger partial charge in [-0.2, -0.15) is 0 Å². The summed E-state index contributed by atoms with van der Waals surface area (Å²) in [5.74, 6) is 0.741. The van der Waals surface area contributed by atoms with Crippen molar-refractivity contribution in [3.8, 4) is 5.75 Å². The van der Waals surface area contributed by atoms with Crippen LogP contribution in [0.3, 0.4) is 0 Å². The standard InChI is InChI=1S/C12H15ClO3.C10H12O2/c1-9-8-10(12(14)15-2)4-5-11(9)16-7-3-6-13;1-7-4-5-9(6-8(7)2)10(11)12-3/h4-5,8H,3,6-7H2,1-2H3;4-6H,1-3H3. The van der Waals surface area contributed by atoms with Gasteiger partial charge in [-0.15, -0.1) is 11.6 Å². The summed E-state index contributed by atoms with van der Waals surface area (Å²) < 4.78 is 14.7. The van der Waals surface area contributed by atoms with Gasteiger partial charge in [0.25, 0.3) is 0 Å². The second-order valence-electron chi connectivity index (χ2n) is 6.15. The van der Waals surface area contributed by atoms with E-state index in [0.717, 1.165) is 23.3 Å². The van der Waals surface area contributed by atoms with Crippen molar-refractivity contribution in [1.82, 2.24) is 0 Å². The Labute approximate surface area is 171 Å². The third-order valence-electron chi connectivity index (χ3n) is 4.06. The third kappa shape index (κ3) is 7.24. The summed E-state index contributed by atoms with van der Waals surface area (Å²) in [7, 11) is 2.75. The number of rotatable bonds is 6. The Balaban J connectivity index is 0.000000292. The highest BCUT2D eigenvalue weighted by Crippen LogP contribution is 2.19. The van der Waals surface area contributed by atoms with Crippen LogP contribution in [0.5, 0.6) is 5.75 Å². The molecule has 2 rings (SSSR count). The second-order valence-corrected chi connectivity index (χ2v) is 6.53. The fraction of sp³-hybridized carbons (Fsp3) is 0.364. The minimum absolute atomic E-state index is 0.280. The number of carbonyl (C=O) groups excluding carboxylic acids is 2. The number of alkyl halides is 1. The molecule has 5 nitrogen and oxygen atoms in total. The van der Waals surface area contributed by atoms with Crippen LogP contribution in [0.1, 0.15) is 43.8 Å². The SMILES string of the molecule is COC(=O)c1ccc(C)c(C)c1.COC(=O)c1ccc(OCCCCl)c(C)c1. The van der Waals surface area contributed by atoms with Crippen molar-refractivity contribution in [1.29, 1.82) is 0 Å². The summed E-state index contributed by atoms with van der Waals surface area (Å²) in [5.41, 5.74) is 4.35. The van der Waals surface area contributed by atoms with Gasteiger partial charge in [0.2, 0.25) is 0 Å². The number of halogens is 1. The van der Waals surface area contributed by atoms with Crippen LogP contribution < -0.4 is 4.74 Å². The van der Waals surface area contributed by atoms with E-state index in [1.807, 2.05) is 32.9 Å². The normalized spacial score (nSPS) is 9.79. The smallest absolute Gasteiger partial charge is 0.337 e. The molecule has 0 unspecified atom stereocenters. The van der Waals surface area contributed by atoms with Crippen molar-refractivity contribution in [2.24, 2.45) is 0 Å². The number of hydrogen-bond donors (Lipinski definition) is 0. The van der Waals surface area contributed by atoms with Gasteiger partial charge >= 0.3 is 11.9 Å². The zero-order valence-electron chi connectivity index (χ0n) is 17.0. The van der Waals surface area contributed by atoms with Crippen LogP contribution in [0, 0.1) is 20.8 Å². The first-order valence-corrected chi connectivity index (χ1v) is 9.40. The van der Waals surface area contributed by atoms with E-state index >= 15 is 0 Å². The lowest BCUT2D eigenvalue weighted by Gasteiger charge is -2.09. The molecule has 0 aliphatic heterocycles. The van der Waals surface area contributed by atoms with Crippen LogP contribution in [0.4, 0.5) is 0 Å². The molecule has 0 atom stereocenters. The highest BCUT2D eigenvalue weighted by atomic mass is 35.5. The van der Waals surface area contributed by atoms with Gasteiger partial charge in [0.15, 0.2) is 0 Å². The number of methoxy groups -OCH3 is 2. The van der Waals surface area contributed by atoms with Crippen molar-refractivity contribution in [2.45, 2.75) is 27.2 Å². The molecule has 6 heteroatoms. The van der Waals surface area contributed by atoms with Crippen LogP contribution in [-0.2, 0) is 9.47 Å². The summed E-state index contributed by atoms with van der Waals surface area (Å²) in [5, 5.41) is 0. The summed E-state index contributed by atoms with van der Waals surface area (Å²) in [6.45, 7) is 6.46. The van der Waals surface area contributed by atoms with Crippen molar-refractivity contribution in [2.75, 3.05) is 26.7 Å². The van der Waals surface area contributed by atoms with Gasteiger partial charge in [-0.3, -0.25) is 0 Å². The van der Waals surface area contributed by atoms with Crippen molar-refractivity contribution in [3.05, 3.63) is 64.2 Å². The summed E-state index contributed by atoms with van der Waals surface area (Å²) in [6, 6.07) is 10.7. The summed E-state index contributed by atoms with van der Waals surface area (Å²) in [4.78, 5) is 22.3. The molecule has 0 saturated carbocycles. The molecule has 0 radical (unpaired) electrons. The lowest BCUT2D eigenvalue weighted by atomic mass is 10.1. The Kier molecular flexibility index (Phi) is 10.1. The molecule has 0 bridgehead atoms. The molecular weight excluding hydrogens is 380 g/mol. The number of esters is 2. The topological polar surface area (TPSA) is 61.8 Å². The third-order valence-corrected chi connectivity index (χ3v) is 4.33. The Hall–Kier alpha value is -2.53. The van der Waals surface area contributed by atoms with Crippen molar-refractivity contribution in [3.63, 3.8) is 0 Å². The first-order chi connectivity index (χ1) is 13.3. The van der Waals surface area contributed by atoms with Gasteiger partial charge in [0.05, 0.1) is 32.0 Å². The zero-order chi connectivity index (χ0) is 21.1. The van der Waals surface area contributed by atoms with E-state index in [1.165, 1.54) is 19.8 Å². The first kappa shape index (κ1) is 23.5. The number of aryl methyl sites for hydroxylation is 3. The molecule has 2 aromatic carbocycles. The number of ether oxygens (including phenoxy) is 3. The van der Waals surface area contributed by atoms with Crippen LogP contribution in [0.15, 0.2) is 36.4 Å². The van der Waals surface area contributed by atoms with E-state index in [-0.39, 0.29) is 11.9 Å². The predicted molar refractivity (Wildman–Crippen MR) is 111 cm³/mol. The molecule has 0 spiro atoms. The van der Waals surface area contributed by atoms with Crippen LogP contribution >= 0.6 is 11.6 Å². The molecule has 0 amide bonds. The largest absolute Gasteiger partial charge is 0.493 e. The molecule has 0 N–H and O–H groups in total. The zero-order valence-corrected chi connectivity index (χ0v) is 17.8. The van der Waals surface area contributed by atoms with Crippen LogP contribution in [-0.4, -0.2) is 38.6 Å². The van der Waals surface area contributed by atoms with E-state index in [9.17, 15) is 9.59 Å². The maximum absolute atomic E-state index is 11.3. The fourth-order valence-electron chi connectivity index (χ4n) is 2.28. The highest BCUT2D eigenvalue weighted by molar-refractivity contribution is 6.17. The van der Waals surface area contributed by atoms with Crippen LogP contribution in [0.2, 0.25) is 0 Å². The molecule has 0 aliphatic rings. The molecule has 28 heavy (non-hydrogen) atoms. The number of hydrogen-bond acceptors (Lipinski definition) is 5. The fourth-order valence-corrected chi connectivity index (χ4v) is 2.39. The average Bonchev–Trinajstić information content (AvgIpc) is 2.70. The van der Waals surface area contributed by atoms with Gasteiger partial charge in [-0.1, -0.05) is 6.07 Å². The molecule has 0 heterocycles.